The van der Waals surface area contributed by atoms with Gasteiger partial charge < -0.3 is 15.0 Å². The third-order valence-corrected chi connectivity index (χ3v) is 3.59. The number of guanidine groups is 1. The van der Waals surface area contributed by atoms with Crippen LogP contribution in [0.15, 0.2) is 29.3 Å². The molecular formula is C17H26F5IN4O. The molecule has 1 aromatic rings. The molecule has 1 rings (SSSR count). The molecule has 5 nitrogen and oxygen atoms in total. The van der Waals surface area contributed by atoms with Gasteiger partial charge in [-0.3, -0.25) is 9.89 Å². The van der Waals surface area contributed by atoms with E-state index in [1.165, 1.54) is 24.1 Å². The number of alkyl halides is 5. The molecule has 0 bridgehead atoms. The Labute approximate surface area is 178 Å². The maximum Gasteiger partial charge on any atom is 0.401 e. The summed E-state index contributed by atoms with van der Waals surface area (Å²) in [5.74, 6) is 0.670. The van der Waals surface area contributed by atoms with Crippen molar-refractivity contribution in [3.05, 3.63) is 29.8 Å². The van der Waals surface area contributed by atoms with Crippen LogP contribution in [0.4, 0.5) is 22.0 Å². The smallest absolute Gasteiger partial charge is 0.401 e. The van der Waals surface area contributed by atoms with E-state index in [4.69, 9.17) is 0 Å². The molecule has 0 aromatic heterocycles. The quantitative estimate of drug-likeness (QED) is 0.176. The lowest BCUT2D eigenvalue weighted by Crippen LogP contribution is -2.40. The number of halogens is 6. The molecule has 0 aliphatic heterocycles. The average molecular weight is 524 g/mol. The third kappa shape index (κ3) is 11.5. The van der Waals surface area contributed by atoms with Crippen LogP contribution in [-0.2, 0) is 6.54 Å². The molecule has 0 unspecified atom stereocenters. The van der Waals surface area contributed by atoms with Gasteiger partial charge in [0, 0.05) is 27.2 Å². The maximum absolute atomic E-state index is 12.3. The van der Waals surface area contributed by atoms with Gasteiger partial charge in [-0.2, -0.15) is 22.0 Å². The van der Waals surface area contributed by atoms with Crippen molar-refractivity contribution in [1.29, 1.82) is 0 Å². The van der Waals surface area contributed by atoms with Crippen molar-refractivity contribution in [2.75, 3.05) is 40.8 Å². The van der Waals surface area contributed by atoms with Gasteiger partial charge in [0.1, 0.15) is 5.75 Å². The van der Waals surface area contributed by atoms with Crippen LogP contribution in [0.3, 0.4) is 0 Å². The molecule has 0 saturated carbocycles. The lowest BCUT2D eigenvalue weighted by molar-refractivity contribution is -0.143. The molecule has 1 aromatic carbocycles. The van der Waals surface area contributed by atoms with Gasteiger partial charge in [-0.15, -0.1) is 24.0 Å². The highest BCUT2D eigenvalue weighted by molar-refractivity contribution is 14.0. The van der Waals surface area contributed by atoms with Crippen molar-refractivity contribution in [3.8, 4) is 5.75 Å². The predicted molar refractivity (Wildman–Crippen MR) is 109 cm³/mol. The molecule has 28 heavy (non-hydrogen) atoms. The molecule has 0 aliphatic rings. The van der Waals surface area contributed by atoms with E-state index in [1.807, 2.05) is 4.90 Å². The summed E-state index contributed by atoms with van der Waals surface area (Å²) in [5, 5.41) is 3.09. The molecule has 0 fully saturated rings. The fourth-order valence-electron chi connectivity index (χ4n) is 2.44. The molecule has 0 amide bonds. The zero-order chi connectivity index (χ0) is 20.4. The normalized spacial score (nSPS) is 12.1. The Hall–Kier alpha value is -1.37. The summed E-state index contributed by atoms with van der Waals surface area (Å²) in [5.41, 5.74) is 0.868. The van der Waals surface area contributed by atoms with Gasteiger partial charge in [0.05, 0.1) is 6.54 Å². The Kier molecular flexibility index (Phi) is 12.3. The first-order chi connectivity index (χ1) is 12.6. The van der Waals surface area contributed by atoms with Gasteiger partial charge in [-0.1, -0.05) is 12.1 Å². The summed E-state index contributed by atoms with van der Waals surface area (Å²) < 4.78 is 65.4. The summed E-state index contributed by atoms with van der Waals surface area (Å²) in [7, 11) is 4.83. The Morgan fingerprint density at radius 1 is 1.18 bits per heavy atom. The average Bonchev–Trinajstić information content (AvgIpc) is 2.54. The van der Waals surface area contributed by atoms with Crippen LogP contribution in [0.1, 0.15) is 12.0 Å². The van der Waals surface area contributed by atoms with Gasteiger partial charge in [0.15, 0.2) is 5.96 Å². The van der Waals surface area contributed by atoms with Gasteiger partial charge >= 0.3 is 12.8 Å². The van der Waals surface area contributed by atoms with E-state index >= 15 is 0 Å². The summed E-state index contributed by atoms with van der Waals surface area (Å²) >= 11 is 0. The number of nitrogens with one attached hydrogen (secondary N) is 1. The van der Waals surface area contributed by atoms with Crippen LogP contribution >= 0.6 is 24.0 Å². The van der Waals surface area contributed by atoms with Crippen molar-refractivity contribution in [3.63, 3.8) is 0 Å². The van der Waals surface area contributed by atoms with Crippen LogP contribution in [0.5, 0.6) is 5.75 Å². The monoisotopic (exact) mass is 524 g/mol. The van der Waals surface area contributed by atoms with E-state index in [0.29, 0.717) is 32.0 Å². The SMILES string of the molecule is CN=C(NCCCN(C)CC(F)(F)F)N(C)Cc1ccc(OC(F)F)cc1.I. The highest BCUT2D eigenvalue weighted by atomic mass is 127. The number of nitrogens with zero attached hydrogens (tertiary/aromatic N) is 3. The van der Waals surface area contributed by atoms with E-state index in [-0.39, 0.29) is 29.7 Å². The zero-order valence-corrected chi connectivity index (χ0v) is 18.3. The third-order valence-electron chi connectivity index (χ3n) is 3.59. The molecule has 0 heterocycles. The van der Waals surface area contributed by atoms with Gasteiger partial charge in [0.25, 0.3) is 0 Å². The lowest BCUT2D eigenvalue weighted by atomic mass is 10.2. The topological polar surface area (TPSA) is 40.1 Å². The Morgan fingerprint density at radius 3 is 2.29 bits per heavy atom. The molecule has 0 saturated heterocycles. The van der Waals surface area contributed by atoms with Crippen LogP contribution in [0.25, 0.3) is 0 Å². The van der Waals surface area contributed by atoms with E-state index in [1.54, 1.807) is 26.2 Å². The Morgan fingerprint density at radius 2 is 1.79 bits per heavy atom. The standard InChI is InChI=1S/C17H25F5N4O.HI/c1-23-16(24-9-4-10-25(2)12-17(20,21)22)26(3)11-13-5-7-14(8-6-13)27-15(18)19;/h5-8,15H,4,9-12H2,1-3H3,(H,23,24);1H. The minimum atomic E-state index is -4.20. The first kappa shape index (κ1) is 26.6. The number of aliphatic imine (C=N–C) groups is 1. The largest absolute Gasteiger partial charge is 0.435 e. The van der Waals surface area contributed by atoms with Crippen molar-refractivity contribution in [2.45, 2.75) is 25.8 Å². The molecule has 11 heteroatoms. The molecular weight excluding hydrogens is 498 g/mol. The summed E-state index contributed by atoms with van der Waals surface area (Å²) in [6.45, 7) is -2.55. The summed E-state index contributed by atoms with van der Waals surface area (Å²) in [6.07, 6.45) is -3.67. The second kappa shape index (κ2) is 13.0. The van der Waals surface area contributed by atoms with Crippen LogP contribution in [0, 0.1) is 0 Å². The number of benzene rings is 1. The van der Waals surface area contributed by atoms with Crippen molar-refractivity contribution < 1.29 is 26.7 Å². The van der Waals surface area contributed by atoms with Crippen molar-refractivity contribution in [2.24, 2.45) is 4.99 Å². The minimum absolute atomic E-state index is 0. The fraction of sp³-hybridized carbons (Fsp3) is 0.588. The van der Waals surface area contributed by atoms with E-state index in [0.717, 1.165) is 5.56 Å². The Balaban J connectivity index is 0.00000729. The van der Waals surface area contributed by atoms with E-state index in [9.17, 15) is 22.0 Å². The van der Waals surface area contributed by atoms with Crippen LogP contribution in [0.2, 0.25) is 0 Å². The number of ether oxygens (including phenoxy) is 1. The second-order valence-corrected chi connectivity index (χ2v) is 6.06. The molecule has 0 aliphatic carbocycles. The van der Waals surface area contributed by atoms with Crippen molar-refractivity contribution in [1.82, 2.24) is 15.1 Å². The van der Waals surface area contributed by atoms with Crippen molar-refractivity contribution >= 4 is 29.9 Å². The minimum Gasteiger partial charge on any atom is -0.435 e. The van der Waals surface area contributed by atoms with Crippen LogP contribution < -0.4 is 10.1 Å². The molecule has 162 valence electrons. The summed E-state index contributed by atoms with van der Waals surface area (Å²) in [4.78, 5) is 7.17. The molecule has 0 atom stereocenters. The van der Waals surface area contributed by atoms with E-state index < -0.39 is 19.3 Å². The number of rotatable bonds is 9. The molecule has 0 spiro atoms. The predicted octanol–water partition coefficient (Wildman–Crippen LogP) is 3.80. The molecule has 1 N–H and O–H groups in total. The van der Waals surface area contributed by atoms with Gasteiger partial charge in [-0.25, -0.2) is 0 Å². The molecule has 0 radical (unpaired) electrons. The van der Waals surface area contributed by atoms with Gasteiger partial charge in [-0.05, 0) is 37.7 Å². The maximum atomic E-state index is 12.3. The first-order valence-electron chi connectivity index (χ1n) is 8.31. The highest BCUT2D eigenvalue weighted by Crippen LogP contribution is 2.16. The lowest BCUT2D eigenvalue weighted by Gasteiger charge is -2.23. The summed E-state index contributed by atoms with van der Waals surface area (Å²) in [6, 6.07) is 6.27. The van der Waals surface area contributed by atoms with E-state index in [2.05, 4.69) is 15.0 Å². The fourth-order valence-corrected chi connectivity index (χ4v) is 2.44. The van der Waals surface area contributed by atoms with Crippen LogP contribution in [-0.4, -0.2) is 69.3 Å². The number of hydrogen-bond acceptors (Lipinski definition) is 3. The first-order valence-corrected chi connectivity index (χ1v) is 8.31. The second-order valence-electron chi connectivity index (χ2n) is 6.06. The van der Waals surface area contributed by atoms with Gasteiger partial charge in [0.2, 0.25) is 0 Å². The zero-order valence-electron chi connectivity index (χ0n) is 16.0. The Bertz CT molecular complexity index is 584. The number of hydrogen-bond donors (Lipinski definition) is 1. The highest BCUT2D eigenvalue weighted by Gasteiger charge is 2.28.